The summed E-state index contributed by atoms with van der Waals surface area (Å²) >= 11 is 0. The zero-order chi connectivity index (χ0) is 8.97. The van der Waals surface area contributed by atoms with Crippen molar-refractivity contribution in [3.05, 3.63) is 0 Å². The topological polar surface area (TPSA) is 38.5 Å². The van der Waals surface area contributed by atoms with Crippen molar-refractivity contribution in [2.24, 2.45) is 11.7 Å². The van der Waals surface area contributed by atoms with Crippen molar-refractivity contribution in [2.75, 3.05) is 33.4 Å². The number of hydrogen-bond acceptors (Lipinski definition) is 3. The van der Waals surface area contributed by atoms with Crippen LogP contribution >= 0.6 is 0 Å². The van der Waals surface area contributed by atoms with Crippen LogP contribution in [0.15, 0.2) is 0 Å². The smallest absolute Gasteiger partial charge is 0.0507 e. The molecule has 0 aromatic carbocycles. The van der Waals surface area contributed by atoms with Crippen molar-refractivity contribution in [1.82, 2.24) is 4.90 Å². The average Bonchev–Trinajstić information content (AvgIpc) is 2.55. The van der Waals surface area contributed by atoms with Crippen LogP contribution in [0.2, 0.25) is 0 Å². The molecule has 0 radical (unpaired) electrons. The summed E-state index contributed by atoms with van der Waals surface area (Å²) in [7, 11) is 2.13. The first kappa shape index (κ1) is 9.96. The molecule has 0 aromatic heterocycles. The minimum atomic E-state index is 0.491. The van der Waals surface area contributed by atoms with Gasteiger partial charge >= 0.3 is 0 Å². The molecule has 0 amide bonds. The first-order valence-corrected chi connectivity index (χ1v) is 4.72. The van der Waals surface area contributed by atoms with E-state index in [2.05, 4.69) is 18.9 Å². The summed E-state index contributed by atoms with van der Waals surface area (Å²) in [4.78, 5) is 2.32. The maximum Gasteiger partial charge on any atom is 0.0507 e. The van der Waals surface area contributed by atoms with Gasteiger partial charge in [-0.3, -0.25) is 0 Å². The second-order valence-corrected chi connectivity index (χ2v) is 3.75. The lowest BCUT2D eigenvalue weighted by molar-refractivity contribution is 0.165. The molecule has 2 unspecified atom stereocenters. The van der Waals surface area contributed by atoms with Crippen LogP contribution in [0.5, 0.6) is 0 Å². The van der Waals surface area contributed by atoms with Crippen LogP contribution in [0.1, 0.15) is 13.3 Å². The predicted molar refractivity (Wildman–Crippen MR) is 50.1 cm³/mol. The van der Waals surface area contributed by atoms with E-state index in [0.717, 1.165) is 32.2 Å². The Bertz CT molecular complexity index is 124. The van der Waals surface area contributed by atoms with Crippen molar-refractivity contribution in [3.8, 4) is 0 Å². The van der Waals surface area contributed by atoms with Crippen molar-refractivity contribution in [1.29, 1.82) is 0 Å². The molecule has 1 saturated heterocycles. The van der Waals surface area contributed by atoms with Gasteiger partial charge in [-0.2, -0.15) is 0 Å². The summed E-state index contributed by atoms with van der Waals surface area (Å²) in [6, 6.07) is 0.491. The maximum atomic E-state index is 5.57. The second-order valence-electron chi connectivity index (χ2n) is 3.75. The Hall–Kier alpha value is -0.120. The van der Waals surface area contributed by atoms with Gasteiger partial charge < -0.3 is 15.4 Å². The number of ether oxygens (including phenoxy) is 1. The Kier molecular flexibility index (Phi) is 3.98. The average molecular weight is 172 g/mol. The summed E-state index contributed by atoms with van der Waals surface area (Å²) in [5, 5.41) is 0. The minimum Gasteiger partial charge on any atom is -0.381 e. The molecule has 1 rings (SSSR count). The Morgan fingerprint density at radius 1 is 1.67 bits per heavy atom. The van der Waals surface area contributed by atoms with Crippen LogP contribution in [-0.4, -0.2) is 44.3 Å². The van der Waals surface area contributed by atoms with Gasteiger partial charge in [0.05, 0.1) is 6.61 Å². The number of nitrogens with two attached hydrogens (primary N) is 1. The first-order valence-electron chi connectivity index (χ1n) is 4.72. The molecular formula is C9H20N2O. The lowest BCUT2D eigenvalue weighted by Gasteiger charge is -2.25. The summed E-state index contributed by atoms with van der Waals surface area (Å²) in [6.45, 7) is 5.90. The number of nitrogens with zero attached hydrogens (tertiary/aromatic N) is 1. The van der Waals surface area contributed by atoms with Crippen LogP contribution in [-0.2, 0) is 4.74 Å². The largest absolute Gasteiger partial charge is 0.381 e. The molecule has 0 aliphatic carbocycles. The highest BCUT2D eigenvalue weighted by Gasteiger charge is 2.18. The molecule has 3 heteroatoms. The van der Waals surface area contributed by atoms with Crippen molar-refractivity contribution in [3.63, 3.8) is 0 Å². The van der Waals surface area contributed by atoms with E-state index in [1.54, 1.807) is 0 Å². The van der Waals surface area contributed by atoms with E-state index in [1.165, 1.54) is 6.42 Å². The molecule has 12 heavy (non-hydrogen) atoms. The van der Waals surface area contributed by atoms with Gasteiger partial charge in [0, 0.05) is 25.7 Å². The fourth-order valence-electron chi connectivity index (χ4n) is 1.49. The fourth-order valence-corrected chi connectivity index (χ4v) is 1.49. The van der Waals surface area contributed by atoms with Crippen molar-refractivity contribution >= 4 is 0 Å². The van der Waals surface area contributed by atoms with Gasteiger partial charge in [-0.25, -0.2) is 0 Å². The van der Waals surface area contributed by atoms with Gasteiger partial charge in [-0.15, -0.1) is 0 Å². The molecule has 0 aromatic rings. The van der Waals surface area contributed by atoms with E-state index in [9.17, 15) is 0 Å². The zero-order valence-electron chi connectivity index (χ0n) is 8.12. The summed E-state index contributed by atoms with van der Waals surface area (Å²) in [5.41, 5.74) is 5.57. The summed E-state index contributed by atoms with van der Waals surface area (Å²) in [5.74, 6) is 0.726. The normalized spacial score (nSPS) is 26.5. The number of rotatable bonds is 4. The summed E-state index contributed by atoms with van der Waals surface area (Å²) in [6.07, 6.45) is 1.21. The van der Waals surface area contributed by atoms with Gasteiger partial charge in [0.15, 0.2) is 0 Å². The van der Waals surface area contributed by atoms with E-state index in [4.69, 9.17) is 10.5 Å². The first-order chi connectivity index (χ1) is 5.74. The van der Waals surface area contributed by atoms with E-state index in [-0.39, 0.29) is 0 Å². The van der Waals surface area contributed by atoms with E-state index < -0.39 is 0 Å². The van der Waals surface area contributed by atoms with Crippen LogP contribution in [0, 0.1) is 5.92 Å². The molecule has 0 spiro atoms. The molecule has 0 bridgehead atoms. The SMILES string of the molecule is CC(CN)N(C)CC1CCOC1. The van der Waals surface area contributed by atoms with Crippen LogP contribution in [0.3, 0.4) is 0 Å². The fraction of sp³-hybridized carbons (Fsp3) is 1.00. The predicted octanol–water partition coefficient (Wildman–Crippen LogP) is 0.302. The Balaban J connectivity index is 2.19. The maximum absolute atomic E-state index is 5.57. The molecule has 72 valence electrons. The van der Waals surface area contributed by atoms with Gasteiger partial charge in [0.1, 0.15) is 0 Å². The van der Waals surface area contributed by atoms with E-state index in [1.807, 2.05) is 0 Å². The van der Waals surface area contributed by atoms with E-state index in [0.29, 0.717) is 6.04 Å². The van der Waals surface area contributed by atoms with Crippen molar-refractivity contribution < 1.29 is 4.74 Å². The van der Waals surface area contributed by atoms with Crippen LogP contribution in [0.25, 0.3) is 0 Å². The summed E-state index contributed by atoms with van der Waals surface area (Å²) < 4.78 is 5.31. The third kappa shape index (κ3) is 2.73. The Morgan fingerprint density at radius 2 is 2.42 bits per heavy atom. The van der Waals surface area contributed by atoms with Gasteiger partial charge in [-0.05, 0) is 26.3 Å². The van der Waals surface area contributed by atoms with Crippen molar-refractivity contribution in [2.45, 2.75) is 19.4 Å². The lowest BCUT2D eigenvalue weighted by Crippen LogP contribution is -2.38. The van der Waals surface area contributed by atoms with Gasteiger partial charge in [-0.1, -0.05) is 0 Å². The molecule has 1 aliphatic heterocycles. The molecule has 2 N–H and O–H groups in total. The minimum absolute atomic E-state index is 0.491. The molecule has 2 atom stereocenters. The second kappa shape index (κ2) is 4.80. The van der Waals surface area contributed by atoms with Crippen LogP contribution in [0.4, 0.5) is 0 Å². The monoisotopic (exact) mass is 172 g/mol. The quantitative estimate of drug-likeness (QED) is 0.663. The molecule has 3 nitrogen and oxygen atoms in total. The highest BCUT2D eigenvalue weighted by molar-refractivity contribution is 4.71. The van der Waals surface area contributed by atoms with Crippen LogP contribution < -0.4 is 5.73 Å². The van der Waals surface area contributed by atoms with Gasteiger partial charge in [0.2, 0.25) is 0 Å². The highest BCUT2D eigenvalue weighted by Crippen LogP contribution is 2.13. The molecular weight excluding hydrogens is 152 g/mol. The molecule has 1 aliphatic rings. The molecule has 1 fully saturated rings. The lowest BCUT2D eigenvalue weighted by atomic mass is 10.1. The Morgan fingerprint density at radius 3 is 2.92 bits per heavy atom. The molecule has 1 heterocycles. The molecule has 0 saturated carbocycles. The third-order valence-corrected chi connectivity index (χ3v) is 2.66. The Labute approximate surface area is 74.9 Å². The zero-order valence-corrected chi connectivity index (χ0v) is 8.12. The standard InChI is InChI=1S/C9H20N2O/c1-8(5-10)11(2)6-9-3-4-12-7-9/h8-9H,3-7,10H2,1-2H3. The highest BCUT2D eigenvalue weighted by atomic mass is 16.5. The number of hydrogen-bond donors (Lipinski definition) is 1. The van der Waals surface area contributed by atoms with Gasteiger partial charge in [0.25, 0.3) is 0 Å². The number of likely N-dealkylation sites (N-methyl/N-ethyl adjacent to an activating group) is 1. The third-order valence-electron chi connectivity index (χ3n) is 2.66. The van der Waals surface area contributed by atoms with E-state index >= 15 is 0 Å².